The maximum absolute atomic E-state index is 13.3. The molecule has 0 bridgehead atoms. The molecular formula is C26H37N9O8. The summed E-state index contributed by atoms with van der Waals surface area (Å²) in [5, 5.41) is 35.6. The molecule has 13 N–H and O–H groups in total. The van der Waals surface area contributed by atoms with Crippen molar-refractivity contribution in [2.24, 2.45) is 22.2 Å². The molecule has 17 nitrogen and oxygen atoms in total. The smallest absolute Gasteiger partial charge is 0.326 e. The lowest BCUT2D eigenvalue weighted by molar-refractivity contribution is -0.143. The van der Waals surface area contributed by atoms with Crippen LogP contribution in [0.1, 0.15) is 36.9 Å². The molecule has 4 unspecified atom stereocenters. The Hall–Kier alpha value is -5.19. The van der Waals surface area contributed by atoms with E-state index in [9.17, 15) is 39.3 Å². The van der Waals surface area contributed by atoms with Crippen LogP contribution in [-0.4, -0.2) is 91.6 Å². The molecule has 0 aliphatic rings. The fraction of sp³-hybridized carbons (Fsp3) is 0.423. The maximum atomic E-state index is 13.3. The number of aromatic hydroxyl groups is 1. The van der Waals surface area contributed by atoms with Crippen LogP contribution in [0.25, 0.3) is 0 Å². The molecule has 2 aromatic rings. The second kappa shape index (κ2) is 16.9. The van der Waals surface area contributed by atoms with Crippen LogP contribution in [0, 0.1) is 0 Å². The molecule has 0 aliphatic carbocycles. The standard InChI is InChI=1S/C26H37N9O8/c27-17(11-15-12-30-13-32-15)22(39)33-18(2-1-9-31-26(28)29)23(40)34-19(7-8-21(37)38)24(41)35-20(25(42)43)10-14-3-5-16(36)6-4-14/h3-6,12-13,17-20,36H,1-2,7-11,27H2,(H,30,32)(H,33,39)(H,34,40)(H,35,41)(H,37,38)(H,42,43)(H4,28,29,31). The third-order valence-electron chi connectivity index (χ3n) is 6.18. The minimum Gasteiger partial charge on any atom is -0.508 e. The molecule has 0 saturated heterocycles. The molecule has 234 valence electrons. The topological polar surface area (TPSA) is 301 Å². The number of hydrogen-bond acceptors (Lipinski definition) is 9. The predicted molar refractivity (Wildman–Crippen MR) is 152 cm³/mol. The van der Waals surface area contributed by atoms with Crippen molar-refractivity contribution in [2.45, 2.75) is 62.7 Å². The number of hydrogen-bond donors (Lipinski definition) is 10. The lowest BCUT2D eigenvalue weighted by Crippen LogP contribution is -2.57. The number of benzene rings is 1. The number of nitrogens with one attached hydrogen (secondary N) is 4. The first-order chi connectivity index (χ1) is 20.3. The normalized spacial score (nSPS) is 13.5. The molecule has 17 heteroatoms. The highest BCUT2D eigenvalue weighted by Gasteiger charge is 2.31. The zero-order valence-corrected chi connectivity index (χ0v) is 23.2. The van der Waals surface area contributed by atoms with Crippen molar-refractivity contribution in [3.8, 4) is 5.75 Å². The van der Waals surface area contributed by atoms with Gasteiger partial charge < -0.3 is 53.5 Å². The average Bonchev–Trinajstić information content (AvgIpc) is 3.45. The first kappa shape index (κ1) is 34.0. The maximum Gasteiger partial charge on any atom is 0.326 e. The highest BCUT2D eigenvalue weighted by Crippen LogP contribution is 2.12. The van der Waals surface area contributed by atoms with E-state index in [4.69, 9.17) is 17.2 Å². The number of aliphatic carboxylic acids is 2. The molecule has 0 fully saturated rings. The van der Waals surface area contributed by atoms with Crippen LogP contribution in [0.5, 0.6) is 5.75 Å². The molecule has 0 spiro atoms. The van der Waals surface area contributed by atoms with Gasteiger partial charge in [0.2, 0.25) is 17.7 Å². The van der Waals surface area contributed by atoms with Gasteiger partial charge in [-0.3, -0.25) is 24.2 Å². The van der Waals surface area contributed by atoms with Gasteiger partial charge in [-0.15, -0.1) is 0 Å². The van der Waals surface area contributed by atoms with Crippen LogP contribution in [-0.2, 0) is 36.8 Å². The van der Waals surface area contributed by atoms with E-state index < -0.39 is 60.2 Å². The molecule has 0 radical (unpaired) electrons. The highest BCUT2D eigenvalue weighted by atomic mass is 16.4. The fourth-order valence-electron chi connectivity index (χ4n) is 3.93. The number of aliphatic imine (C=N–C) groups is 1. The fourth-order valence-corrected chi connectivity index (χ4v) is 3.93. The van der Waals surface area contributed by atoms with Crippen molar-refractivity contribution in [2.75, 3.05) is 6.54 Å². The summed E-state index contributed by atoms with van der Waals surface area (Å²) < 4.78 is 0. The molecule has 0 aliphatic heterocycles. The van der Waals surface area contributed by atoms with Crippen LogP contribution in [0.2, 0.25) is 0 Å². The number of carboxylic acids is 2. The molecular weight excluding hydrogens is 566 g/mol. The molecule has 4 atom stereocenters. The van der Waals surface area contributed by atoms with Crippen LogP contribution < -0.4 is 33.2 Å². The van der Waals surface area contributed by atoms with Gasteiger partial charge >= 0.3 is 11.9 Å². The number of aromatic nitrogens is 2. The molecule has 1 aromatic carbocycles. The Bertz CT molecular complexity index is 1260. The number of H-pyrrole nitrogens is 1. The van der Waals surface area contributed by atoms with Crippen LogP contribution in [0.3, 0.4) is 0 Å². The number of carbonyl (C=O) groups excluding carboxylic acids is 3. The van der Waals surface area contributed by atoms with E-state index in [0.29, 0.717) is 11.3 Å². The summed E-state index contributed by atoms with van der Waals surface area (Å²) in [5.41, 5.74) is 17.7. The first-order valence-electron chi connectivity index (χ1n) is 13.3. The Kier molecular flexibility index (Phi) is 13.4. The van der Waals surface area contributed by atoms with Gasteiger partial charge in [0.05, 0.1) is 12.4 Å². The summed E-state index contributed by atoms with van der Waals surface area (Å²) in [5.74, 6) is -5.28. The van der Waals surface area contributed by atoms with Crippen molar-refractivity contribution in [3.63, 3.8) is 0 Å². The van der Waals surface area contributed by atoms with E-state index in [-0.39, 0.29) is 50.4 Å². The van der Waals surface area contributed by atoms with E-state index >= 15 is 0 Å². The SMILES string of the molecule is NC(N)=NCCCC(NC(=O)C(N)Cc1cnc[nH]1)C(=O)NC(CCC(=O)O)C(=O)NC(Cc1ccc(O)cc1)C(=O)O. The van der Waals surface area contributed by atoms with E-state index in [1.165, 1.54) is 36.8 Å². The number of guanidine groups is 1. The number of carbonyl (C=O) groups is 5. The first-order valence-corrected chi connectivity index (χ1v) is 13.3. The predicted octanol–water partition coefficient (Wildman–Crippen LogP) is -2.31. The number of carboxylic acid groups (broad SMARTS) is 2. The van der Waals surface area contributed by atoms with E-state index in [1.807, 2.05) is 0 Å². The number of amides is 3. The van der Waals surface area contributed by atoms with Gasteiger partial charge in [-0.2, -0.15) is 0 Å². The number of nitrogens with zero attached hydrogens (tertiary/aromatic N) is 2. The Morgan fingerprint density at radius 3 is 2.05 bits per heavy atom. The van der Waals surface area contributed by atoms with Gasteiger partial charge in [-0.05, 0) is 37.0 Å². The summed E-state index contributed by atoms with van der Waals surface area (Å²) >= 11 is 0. The summed E-state index contributed by atoms with van der Waals surface area (Å²) in [7, 11) is 0. The number of phenolic OH excluding ortho intramolecular Hbond substituents is 1. The molecule has 43 heavy (non-hydrogen) atoms. The summed E-state index contributed by atoms with van der Waals surface area (Å²) in [4.78, 5) is 72.9. The second-order valence-corrected chi connectivity index (χ2v) is 9.66. The zero-order chi connectivity index (χ0) is 31.9. The van der Waals surface area contributed by atoms with Crippen molar-refractivity contribution in [3.05, 3.63) is 48.0 Å². The van der Waals surface area contributed by atoms with Gasteiger partial charge in [-0.1, -0.05) is 12.1 Å². The minimum atomic E-state index is -1.46. The van der Waals surface area contributed by atoms with E-state index in [0.717, 1.165) is 0 Å². The monoisotopic (exact) mass is 603 g/mol. The molecule has 2 rings (SSSR count). The Morgan fingerprint density at radius 2 is 1.49 bits per heavy atom. The van der Waals surface area contributed by atoms with Gasteiger partial charge in [-0.25, -0.2) is 9.78 Å². The molecule has 3 amide bonds. The number of phenols is 1. The number of aromatic amines is 1. The van der Waals surface area contributed by atoms with Gasteiger partial charge in [0.15, 0.2) is 5.96 Å². The minimum absolute atomic E-state index is 0.0248. The van der Waals surface area contributed by atoms with E-state index in [1.54, 1.807) is 0 Å². The molecule has 0 saturated carbocycles. The van der Waals surface area contributed by atoms with Gasteiger partial charge in [0.1, 0.15) is 23.9 Å². The average molecular weight is 604 g/mol. The summed E-state index contributed by atoms with van der Waals surface area (Å²) in [6.07, 6.45) is 2.22. The van der Waals surface area contributed by atoms with Crippen molar-refractivity contribution in [1.29, 1.82) is 0 Å². The lowest BCUT2D eigenvalue weighted by Gasteiger charge is -2.25. The van der Waals surface area contributed by atoms with E-state index in [2.05, 4.69) is 30.9 Å². The van der Waals surface area contributed by atoms with Gasteiger partial charge in [0.25, 0.3) is 0 Å². The third kappa shape index (κ3) is 12.5. The Balaban J connectivity index is 2.18. The van der Waals surface area contributed by atoms with Gasteiger partial charge in [0, 0.05) is 37.7 Å². The van der Waals surface area contributed by atoms with Crippen LogP contribution in [0.4, 0.5) is 0 Å². The summed E-state index contributed by atoms with van der Waals surface area (Å²) in [6, 6.07) is 0.500. The van der Waals surface area contributed by atoms with Crippen molar-refractivity contribution < 1.29 is 39.3 Å². The largest absolute Gasteiger partial charge is 0.508 e. The number of imidazole rings is 1. The lowest BCUT2D eigenvalue weighted by atomic mass is 10.0. The number of rotatable bonds is 18. The highest BCUT2D eigenvalue weighted by molar-refractivity contribution is 5.94. The molecule has 1 heterocycles. The Labute approximate surface area is 246 Å². The van der Waals surface area contributed by atoms with Crippen LogP contribution >= 0.6 is 0 Å². The molecule has 1 aromatic heterocycles. The quantitative estimate of drug-likeness (QED) is 0.0488. The Morgan fingerprint density at radius 1 is 0.884 bits per heavy atom. The third-order valence-corrected chi connectivity index (χ3v) is 6.18. The second-order valence-electron chi connectivity index (χ2n) is 9.66. The zero-order valence-electron chi connectivity index (χ0n) is 23.2. The van der Waals surface area contributed by atoms with Crippen molar-refractivity contribution in [1.82, 2.24) is 25.9 Å². The van der Waals surface area contributed by atoms with Crippen molar-refractivity contribution >= 4 is 35.6 Å². The van der Waals surface area contributed by atoms with Crippen LogP contribution in [0.15, 0.2) is 41.8 Å². The summed E-state index contributed by atoms with van der Waals surface area (Å²) in [6.45, 7) is 0.128. The number of nitrogens with two attached hydrogens (primary N) is 3.